The largest absolute Gasteiger partial charge is 0.334 e. The topological polar surface area (TPSA) is 78.5 Å². The first kappa shape index (κ1) is 20.3. The number of fused-ring (bicyclic) bond motifs is 1. The van der Waals surface area contributed by atoms with Crippen molar-refractivity contribution >= 4 is 21.7 Å². The number of urea groups is 1. The van der Waals surface area contributed by atoms with Crippen LogP contribution >= 0.6 is 0 Å². The van der Waals surface area contributed by atoms with Crippen LogP contribution < -0.4 is 10.6 Å². The van der Waals surface area contributed by atoms with Gasteiger partial charge in [-0.05, 0) is 53.8 Å². The standard InChI is InChI=1S/C20H24FN3O3S/c1-2-11-28(26,27)24-10-9-16-5-8-19(12-17(16)14-24)23-20(25)22-13-15-3-6-18(21)7-4-15/h3-8,12H,2,9-11,13-14H2,1H3,(H2,22,23,25). The number of nitrogens with zero attached hydrogens (tertiary/aromatic N) is 1. The highest BCUT2D eigenvalue weighted by Crippen LogP contribution is 2.24. The van der Waals surface area contributed by atoms with Gasteiger partial charge in [-0.2, -0.15) is 4.31 Å². The summed E-state index contributed by atoms with van der Waals surface area (Å²) in [6.07, 6.45) is 1.25. The molecule has 6 nitrogen and oxygen atoms in total. The molecule has 1 aliphatic rings. The van der Waals surface area contributed by atoms with Crippen molar-refractivity contribution < 1.29 is 17.6 Å². The summed E-state index contributed by atoms with van der Waals surface area (Å²) in [4.78, 5) is 12.1. The first-order valence-corrected chi connectivity index (χ1v) is 10.9. The molecule has 3 rings (SSSR count). The van der Waals surface area contributed by atoms with Crippen LogP contribution in [0.4, 0.5) is 14.9 Å². The Balaban J connectivity index is 1.61. The minimum atomic E-state index is -3.25. The fraction of sp³-hybridized carbons (Fsp3) is 0.350. The monoisotopic (exact) mass is 405 g/mol. The van der Waals surface area contributed by atoms with Crippen LogP contribution in [0.3, 0.4) is 0 Å². The van der Waals surface area contributed by atoms with E-state index in [9.17, 15) is 17.6 Å². The molecule has 0 fully saturated rings. The summed E-state index contributed by atoms with van der Waals surface area (Å²) < 4.78 is 39.1. The summed E-state index contributed by atoms with van der Waals surface area (Å²) in [6, 6.07) is 11.1. The molecule has 8 heteroatoms. The van der Waals surface area contributed by atoms with Gasteiger partial charge in [0.25, 0.3) is 0 Å². The van der Waals surface area contributed by atoms with Gasteiger partial charge in [0.15, 0.2) is 0 Å². The van der Waals surface area contributed by atoms with E-state index in [2.05, 4.69) is 10.6 Å². The second-order valence-electron chi connectivity index (χ2n) is 6.82. The number of carbonyl (C=O) groups excluding carboxylic acids is 1. The Hall–Kier alpha value is -2.45. The highest BCUT2D eigenvalue weighted by molar-refractivity contribution is 7.89. The molecule has 150 valence electrons. The van der Waals surface area contributed by atoms with Crippen LogP contribution in [0, 0.1) is 5.82 Å². The van der Waals surface area contributed by atoms with E-state index < -0.39 is 10.0 Å². The van der Waals surface area contributed by atoms with Crippen LogP contribution in [0.1, 0.15) is 30.0 Å². The van der Waals surface area contributed by atoms with E-state index in [1.54, 1.807) is 12.1 Å². The number of benzene rings is 2. The number of amides is 2. The number of hydrogen-bond acceptors (Lipinski definition) is 3. The van der Waals surface area contributed by atoms with E-state index in [4.69, 9.17) is 0 Å². The van der Waals surface area contributed by atoms with Gasteiger partial charge in [0.2, 0.25) is 10.0 Å². The minimum absolute atomic E-state index is 0.145. The van der Waals surface area contributed by atoms with Crippen molar-refractivity contribution in [3.8, 4) is 0 Å². The molecule has 2 aromatic rings. The van der Waals surface area contributed by atoms with Gasteiger partial charge < -0.3 is 10.6 Å². The first-order chi connectivity index (χ1) is 13.4. The van der Waals surface area contributed by atoms with Gasteiger partial charge >= 0.3 is 6.03 Å². The maximum Gasteiger partial charge on any atom is 0.319 e. The van der Waals surface area contributed by atoms with Gasteiger partial charge in [-0.15, -0.1) is 0 Å². The molecular formula is C20H24FN3O3S. The molecule has 0 saturated heterocycles. The Kier molecular flexibility index (Phi) is 6.31. The quantitative estimate of drug-likeness (QED) is 0.774. The number of sulfonamides is 1. The molecule has 0 saturated carbocycles. The number of carbonyl (C=O) groups is 1. The zero-order valence-corrected chi connectivity index (χ0v) is 16.6. The smallest absolute Gasteiger partial charge is 0.319 e. The van der Waals surface area contributed by atoms with Crippen LogP contribution in [0.25, 0.3) is 0 Å². The average Bonchev–Trinajstić information content (AvgIpc) is 2.67. The van der Waals surface area contributed by atoms with E-state index in [-0.39, 0.29) is 24.1 Å². The van der Waals surface area contributed by atoms with Gasteiger partial charge in [0.1, 0.15) is 5.82 Å². The van der Waals surface area contributed by atoms with Crippen molar-refractivity contribution in [2.45, 2.75) is 32.9 Å². The lowest BCUT2D eigenvalue weighted by Gasteiger charge is -2.28. The van der Waals surface area contributed by atoms with Crippen LogP contribution in [0.15, 0.2) is 42.5 Å². The van der Waals surface area contributed by atoms with Gasteiger partial charge in [-0.25, -0.2) is 17.6 Å². The maximum absolute atomic E-state index is 12.9. The molecule has 0 aromatic heterocycles. The zero-order chi connectivity index (χ0) is 20.1. The summed E-state index contributed by atoms with van der Waals surface area (Å²) >= 11 is 0. The lowest BCUT2D eigenvalue weighted by atomic mass is 10.0. The Morgan fingerprint density at radius 3 is 2.61 bits per heavy atom. The van der Waals surface area contributed by atoms with Crippen molar-refractivity contribution in [2.24, 2.45) is 0 Å². The SMILES string of the molecule is CCCS(=O)(=O)N1CCc2ccc(NC(=O)NCc3ccc(F)cc3)cc2C1. The number of hydrogen-bond donors (Lipinski definition) is 2. The van der Waals surface area contributed by atoms with Gasteiger partial charge in [-0.3, -0.25) is 0 Å². The molecule has 0 spiro atoms. The molecule has 2 N–H and O–H groups in total. The third-order valence-electron chi connectivity index (χ3n) is 4.66. The van der Waals surface area contributed by atoms with Crippen molar-refractivity contribution in [2.75, 3.05) is 17.6 Å². The van der Waals surface area contributed by atoms with Crippen LogP contribution in [-0.4, -0.2) is 31.1 Å². The van der Waals surface area contributed by atoms with E-state index in [0.29, 0.717) is 31.6 Å². The summed E-state index contributed by atoms with van der Waals surface area (Å²) in [7, 11) is -3.25. The fourth-order valence-corrected chi connectivity index (χ4v) is 4.67. The van der Waals surface area contributed by atoms with Crippen molar-refractivity contribution in [1.82, 2.24) is 9.62 Å². The van der Waals surface area contributed by atoms with Crippen molar-refractivity contribution in [3.05, 3.63) is 65.0 Å². The first-order valence-electron chi connectivity index (χ1n) is 9.26. The number of nitrogens with one attached hydrogen (secondary N) is 2. The summed E-state index contributed by atoms with van der Waals surface area (Å²) in [5.41, 5.74) is 3.39. The molecule has 28 heavy (non-hydrogen) atoms. The maximum atomic E-state index is 12.9. The van der Waals surface area contributed by atoms with Crippen LogP contribution in [0.2, 0.25) is 0 Å². The Bertz CT molecular complexity index is 946. The zero-order valence-electron chi connectivity index (χ0n) is 15.7. The predicted octanol–water partition coefficient (Wildman–Crippen LogP) is 3.25. The van der Waals surface area contributed by atoms with Crippen LogP contribution in [0.5, 0.6) is 0 Å². The van der Waals surface area contributed by atoms with E-state index in [1.165, 1.54) is 16.4 Å². The fourth-order valence-electron chi connectivity index (χ4n) is 3.19. The van der Waals surface area contributed by atoms with Crippen LogP contribution in [-0.2, 0) is 29.5 Å². The molecule has 0 aliphatic carbocycles. The Morgan fingerprint density at radius 2 is 1.89 bits per heavy atom. The second-order valence-corrected chi connectivity index (χ2v) is 8.91. The summed E-state index contributed by atoms with van der Waals surface area (Å²) in [6.45, 7) is 2.94. The molecule has 1 aliphatic heterocycles. The van der Waals surface area contributed by atoms with E-state index in [0.717, 1.165) is 16.7 Å². The van der Waals surface area contributed by atoms with Crippen molar-refractivity contribution in [1.29, 1.82) is 0 Å². The lowest BCUT2D eigenvalue weighted by molar-refractivity contribution is 0.251. The molecule has 0 bridgehead atoms. The summed E-state index contributed by atoms with van der Waals surface area (Å²) in [5, 5.41) is 5.48. The molecular weight excluding hydrogens is 381 g/mol. The third-order valence-corrected chi connectivity index (χ3v) is 6.69. The highest BCUT2D eigenvalue weighted by atomic mass is 32.2. The predicted molar refractivity (Wildman–Crippen MR) is 107 cm³/mol. The van der Waals surface area contributed by atoms with E-state index >= 15 is 0 Å². The number of rotatable bonds is 6. The lowest BCUT2D eigenvalue weighted by Crippen LogP contribution is -2.37. The van der Waals surface area contributed by atoms with Gasteiger partial charge in [0, 0.05) is 25.3 Å². The summed E-state index contributed by atoms with van der Waals surface area (Å²) in [5.74, 6) is -0.177. The number of halogens is 1. The molecule has 0 atom stereocenters. The van der Waals surface area contributed by atoms with Gasteiger partial charge in [0.05, 0.1) is 5.75 Å². The second kappa shape index (κ2) is 8.70. The molecule has 2 amide bonds. The Morgan fingerprint density at radius 1 is 1.14 bits per heavy atom. The third kappa shape index (κ3) is 5.08. The molecule has 1 heterocycles. The minimum Gasteiger partial charge on any atom is -0.334 e. The Labute approximate surface area is 164 Å². The van der Waals surface area contributed by atoms with E-state index in [1.807, 2.05) is 25.1 Å². The normalized spacial score (nSPS) is 14.4. The molecule has 0 unspecified atom stereocenters. The van der Waals surface area contributed by atoms with Crippen molar-refractivity contribution in [3.63, 3.8) is 0 Å². The molecule has 2 aromatic carbocycles. The number of anilines is 1. The highest BCUT2D eigenvalue weighted by Gasteiger charge is 2.26. The average molecular weight is 405 g/mol. The molecule has 0 radical (unpaired) electrons. The van der Waals surface area contributed by atoms with Gasteiger partial charge in [-0.1, -0.05) is 25.1 Å².